The van der Waals surface area contributed by atoms with Gasteiger partial charge in [-0.1, -0.05) is 26.8 Å². The SMILES string of the molecule is C=CC(C)(CO[Si](C)(C)C(C)(C)C)N(C)C(=O)OC(C)(C)C. The molecule has 1 unspecified atom stereocenters. The van der Waals surface area contributed by atoms with Gasteiger partial charge in [0.15, 0.2) is 8.32 Å². The molecule has 0 aliphatic heterocycles. The highest BCUT2D eigenvalue weighted by molar-refractivity contribution is 6.74. The van der Waals surface area contributed by atoms with Crippen LogP contribution in [0.1, 0.15) is 48.5 Å². The van der Waals surface area contributed by atoms with Gasteiger partial charge in [-0.25, -0.2) is 4.79 Å². The lowest BCUT2D eigenvalue weighted by Gasteiger charge is -2.42. The van der Waals surface area contributed by atoms with Gasteiger partial charge in [-0.3, -0.25) is 0 Å². The maximum absolute atomic E-state index is 12.3. The molecule has 22 heavy (non-hydrogen) atoms. The lowest BCUT2D eigenvalue weighted by atomic mass is 10.0. The standard InChI is InChI=1S/C17H35NO3Si/c1-12-17(8,13-20-22(10,11)16(5,6)7)18(9)14(19)21-15(2,3)4/h12H,1,13H2,2-11H3. The van der Waals surface area contributed by atoms with Gasteiger partial charge < -0.3 is 14.1 Å². The Morgan fingerprint density at radius 2 is 1.59 bits per heavy atom. The lowest BCUT2D eigenvalue weighted by Crippen LogP contribution is -2.53. The van der Waals surface area contributed by atoms with Crippen LogP contribution in [0.25, 0.3) is 0 Å². The maximum atomic E-state index is 12.3. The molecule has 0 heterocycles. The average Bonchev–Trinajstić information content (AvgIpc) is 2.31. The summed E-state index contributed by atoms with van der Waals surface area (Å²) in [5.74, 6) is 0. The molecule has 130 valence electrons. The van der Waals surface area contributed by atoms with Crippen molar-refractivity contribution in [1.82, 2.24) is 4.90 Å². The topological polar surface area (TPSA) is 38.8 Å². The summed E-state index contributed by atoms with van der Waals surface area (Å²) in [5, 5.41) is 0.125. The Balaban J connectivity index is 5.06. The molecule has 0 radical (unpaired) electrons. The van der Waals surface area contributed by atoms with Gasteiger partial charge in [0.05, 0.1) is 12.1 Å². The molecule has 0 spiro atoms. The minimum Gasteiger partial charge on any atom is -0.444 e. The monoisotopic (exact) mass is 329 g/mol. The Bertz CT molecular complexity index is 407. The zero-order chi connectivity index (χ0) is 18.0. The molecule has 0 aliphatic carbocycles. The third-order valence-electron chi connectivity index (χ3n) is 4.40. The number of carbonyl (C=O) groups excluding carboxylic acids is 1. The van der Waals surface area contributed by atoms with Crippen LogP contribution in [-0.4, -0.2) is 44.1 Å². The van der Waals surface area contributed by atoms with Crippen LogP contribution in [0, 0.1) is 0 Å². The average molecular weight is 330 g/mol. The minimum absolute atomic E-state index is 0.125. The van der Waals surface area contributed by atoms with Crippen molar-refractivity contribution in [2.45, 2.75) is 77.7 Å². The van der Waals surface area contributed by atoms with Crippen molar-refractivity contribution in [3.05, 3.63) is 12.7 Å². The molecular formula is C17H35NO3Si. The van der Waals surface area contributed by atoms with E-state index >= 15 is 0 Å². The van der Waals surface area contributed by atoms with Crippen molar-refractivity contribution in [1.29, 1.82) is 0 Å². The van der Waals surface area contributed by atoms with E-state index in [4.69, 9.17) is 9.16 Å². The number of hydrogen-bond donors (Lipinski definition) is 0. The van der Waals surface area contributed by atoms with E-state index < -0.39 is 19.5 Å². The first kappa shape index (κ1) is 21.2. The van der Waals surface area contributed by atoms with E-state index in [0.29, 0.717) is 6.61 Å². The maximum Gasteiger partial charge on any atom is 0.410 e. The predicted molar refractivity (Wildman–Crippen MR) is 95.7 cm³/mol. The molecule has 1 amide bonds. The number of amides is 1. The molecule has 0 saturated carbocycles. The van der Waals surface area contributed by atoms with E-state index in [2.05, 4.69) is 40.4 Å². The second-order valence-electron chi connectivity index (χ2n) is 8.65. The second-order valence-corrected chi connectivity index (χ2v) is 13.5. The minimum atomic E-state index is -1.88. The van der Waals surface area contributed by atoms with Crippen molar-refractivity contribution in [2.75, 3.05) is 13.7 Å². The van der Waals surface area contributed by atoms with Crippen molar-refractivity contribution in [3.63, 3.8) is 0 Å². The van der Waals surface area contributed by atoms with Crippen LogP contribution in [0.4, 0.5) is 4.79 Å². The Labute approximate surface area is 138 Å². The van der Waals surface area contributed by atoms with Crippen LogP contribution in [-0.2, 0) is 9.16 Å². The van der Waals surface area contributed by atoms with Crippen LogP contribution in [0.15, 0.2) is 12.7 Å². The van der Waals surface area contributed by atoms with Crippen LogP contribution in [0.5, 0.6) is 0 Å². The molecule has 5 heteroatoms. The molecule has 0 aromatic carbocycles. The van der Waals surface area contributed by atoms with E-state index in [1.165, 1.54) is 0 Å². The third-order valence-corrected chi connectivity index (χ3v) is 8.88. The van der Waals surface area contributed by atoms with Gasteiger partial charge in [0.2, 0.25) is 0 Å². The third kappa shape index (κ3) is 5.76. The number of rotatable bonds is 5. The molecule has 0 aliphatic rings. The second kappa shape index (κ2) is 6.75. The number of nitrogens with zero attached hydrogens (tertiary/aromatic N) is 1. The van der Waals surface area contributed by atoms with E-state index in [9.17, 15) is 4.79 Å². The summed E-state index contributed by atoms with van der Waals surface area (Å²) in [4.78, 5) is 13.9. The normalized spacial score (nSPS) is 15.9. The van der Waals surface area contributed by atoms with E-state index in [-0.39, 0.29) is 11.1 Å². The highest BCUT2D eigenvalue weighted by atomic mass is 28.4. The summed E-state index contributed by atoms with van der Waals surface area (Å²) < 4.78 is 11.7. The summed E-state index contributed by atoms with van der Waals surface area (Å²) in [7, 11) is -0.158. The number of likely N-dealkylation sites (N-methyl/N-ethyl adjacent to an activating group) is 1. The van der Waals surface area contributed by atoms with Gasteiger partial charge in [0, 0.05) is 7.05 Å². The summed E-state index contributed by atoms with van der Waals surface area (Å²) in [5.41, 5.74) is -1.12. The van der Waals surface area contributed by atoms with Crippen LogP contribution in [0.2, 0.25) is 18.1 Å². The molecule has 0 fully saturated rings. The number of ether oxygens (including phenoxy) is 1. The fourth-order valence-corrected chi connectivity index (χ4v) is 2.46. The Morgan fingerprint density at radius 3 is 1.91 bits per heavy atom. The zero-order valence-corrected chi connectivity index (χ0v) is 17.2. The molecule has 0 N–H and O–H groups in total. The van der Waals surface area contributed by atoms with Gasteiger partial charge in [-0.05, 0) is 45.8 Å². The van der Waals surface area contributed by atoms with Crippen molar-refractivity contribution in [3.8, 4) is 0 Å². The van der Waals surface area contributed by atoms with E-state index in [1.54, 1.807) is 18.0 Å². The molecule has 0 rings (SSSR count). The molecule has 0 aromatic rings. The number of hydrogen-bond acceptors (Lipinski definition) is 3. The largest absolute Gasteiger partial charge is 0.444 e. The molecular weight excluding hydrogens is 294 g/mol. The molecule has 4 nitrogen and oxygen atoms in total. The van der Waals surface area contributed by atoms with E-state index in [1.807, 2.05) is 27.7 Å². The summed E-state index contributed by atoms with van der Waals surface area (Å²) in [6.45, 7) is 22.8. The van der Waals surface area contributed by atoms with Gasteiger partial charge in [-0.15, -0.1) is 6.58 Å². The van der Waals surface area contributed by atoms with E-state index in [0.717, 1.165) is 0 Å². The summed E-state index contributed by atoms with van der Waals surface area (Å²) >= 11 is 0. The lowest BCUT2D eigenvalue weighted by molar-refractivity contribution is 0.00740. The van der Waals surface area contributed by atoms with Crippen LogP contribution < -0.4 is 0 Å². The van der Waals surface area contributed by atoms with Gasteiger partial charge in [0.1, 0.15) is 5.60 Å². The van der Waals surface area contributed by atoms with Gasteiger partial charge in [0.25, 0.3) is 0 Å². The first-order chi connectivity index (χ1) is 9.56. The summed E-state index contributed by atoms with van der Waals surface area (Å²) in [6, 6.07) is 0. The smallest absolute Gasteiger partial charge is 0.410 e. The molecule has 0 bridgehead atoms. The Morgan fingerprint density at radius 1 is 1.14 bits per heavy atom. The van der Waals surface area contributed by atoms with Crippen molar-refractivity contribution >= 4 is 14.4 Å². The first-order valence-electron chi connectivity index (χ1n) is 7.80. The quantitative estimate of drug-likeness (QED) is 0.536. The Hall–Kier alpha value is -0.813. The fraction of sp³-hybridized carbons (Fsp3) is 0.824. The van der Waals surface area contributed by atoms with Crippen LogP contribution >= 0.6 is 0 Å². The van der Waals surface area contributed by atoms with Gasteiger partial charge >= 0.3 is 6.09 Å². The molecule has 0 aromatic heterocycles. The molecule has 0 saturated heterocycles. The fourth-order valence-electron chi connectivity index (χ4n) is 1.37. The van der Waals surface area contributed by atoms with Crippen molar-refractivity contribution < 1.29 is 14.0 Å². The number of carbonyl (C=O) groups is 1. The predicted octanol–water partition coefficient (Wildman–Crippen LogP) is 4.82. The first-order valence-corrected chi connectivity index (χ1v) is 10.7. The van der Waals surface area contributed by atoms with Crippen molar-refractivity contribution in [2.24, 2.45) is 0 Å². The van der Waals surface area contributed by atoms with Gasteiger partial charge in [-0.2, -0.15) is 0 Å². The molecule has 1 atom stereocenters. The summed E-state index contributed by atoms with van der Waals surface area (Å²) in [6.07, 6.45) is 1.39. The highest BCUT2D eigenvalue weighted by Gasteiger charge is 2.40. The zero-order valence-electron chi connectivity index (χ0n) is 16.2. The highest BCUT2D eigenvalue weighted by Crippen LogP contribution is 2.37. The van der Waals surface area contributed by atoms with Crippen LogP contribution in [0.3, 0.4) is 0 Å². The Kier molecular flexibility index (Phi) is 6.50.